The van der Waals surface area contributed by atoms with Gasteiger partial charge in [-0.1, -0.05) is 6.07 Å². The summed E-state index contributed by atoms with van der Waals surface area (Å²) in [5.74, 6) is 0.757. The molecule has 1 heterocycles. The fraction of sp³-hybridized carbons (Fsp3) is 0.200. The molecule has 0 saturated heterocycles. The Morgan fingerprint density at radius 1 is 1.29 bits per heavy atom. The Morgan fingerprint density at radius 2 is 2.07 bits per heavy atom. The number of anilines is 1. The van der Waals surface area contributed by atoms with Crippen LogP contribution in [0.15, 0.2) is 18.2 Å². The molecule has 0 fully saturated rings. The number of hydrogen-bond donors (Lipinski definition) is 1. The highest BCUT2D eigenvalue weighted by molar-refractivity contribution is 5.84. The van der Waals surface area contributed by atoms with Crippen LogP contribution in [0.25, 0.3) is 10.9 Å². The Kier molecular flexibility index (Phi) is 1.96. The van der Waals surface area contributed by atoms with Gasteiger partial charge in [-0.25, -0.2) is 4.98 Å². The number of methoxy groups -OCH3 is 1. The number of nitrogens with two attached hydrogens (primary N) is 1. The molecule has 1 aromatic heterocycles. The molecule has 14 heavy (non-hydrogen) atoms. The Balaban J connectivity index is 2.81. The summed E-state index contributed by atoms with van der Waals surface area (Å²) in [6, 6.07) is 5.88. The first-order chi connectivity index (χ1) is 6.70. The molecule has 0 radical (unpaired) electrons. The topological polar surface area (TPSA) is 61.0 Å². The quantitative estimate of drug-likeness (QED) is 0.739. The van der Waals surface area contributed by atoms with Crippen molar-refractivity contribution in [3.63, 3.8) is 0 Å². The molecule has 2 rings (SSSR count). The Bertz CT molecular complexity index is 477. The second-order valence-electron chi connectivity index (χ2n) is 3.11. The van der Waals surface area contributed by atoms with E-state index < -0.39 is 0 Å². The van der Waals surface area contributed by atoms with Crippen molar-refractivity contribution in [2.24, 2.45) is 0 Å². The number of nitrogens with zero attached hydrogens (tertiary/aromatic N) is 2. The molecule has 0 amide bonds. The summed E-state index contributed by atoms with van der Waals surface area (Å²) in [5.41, 5.74) is 7.50. The van der Waals surface area contributed by atoms with Gasteiger partial charge in [0.15, 0.2) is 0 Å². The number of aromatic nitrogens is 2. The first kappa shape index (κ1) is 8.74. The molecule has 0 spiro atoms. The van der Waals surface area contributed by atoms with Crippen LogP contribution in [-0.4, -0.2) is 17.1 Å². The van der Waals surface area contributed by atoms with Gasteiger partial charge in [0, 0.05) is 0 Å². The summed E-state index contributed by atoms with van der Waals surface area (Å²) < 4.78 is 5.12. The summed E-state index contributed by atoms with van der Waals surface area (Å²) in [6.07, 6.45) is 0. The number of nitrogen functional groups attached to an aromatic ring is 1. The molecule has 0 aliphatic carbocycles. The zero-order valence-corrected chi connectivity index (χ0v) is 8.11. The maximum atomic E-state index is 5.55. The molecule has 0 bridgehead atoms. The minimum Gasteiger partial charge on any atom is -0.480 e. The number of benzene rings is 1. The van der Waals surface area contributed by atoms with Gasteiger partial charge >= 0.3 is 0 Å². The van der Waals surface area contributed by atoms with Gasteiger partial charge in [0.05, 0.1) is 18.0 Å². The molecule has 1 aromatic carbocycles. The SMILES string of the molecule is COc1nc(N)nc2cc(C)ccc12. The van der Waals surface area contributed by atoms with Crippen LogP contribution in [0.5, 0.6) is 5.88 Å². The number of rotatable bonds is 1. The molecule has 0 aliphatic rings. The monoisotopic (exact) mass is 189 g/mol. The molecule has 4 nitrogen and oxygen atoms in total. The van der Waals surface area contributed by atoms with Crippen LogP contribution in [0.4, 0.5) is 5.95 Å². The highest BCUT2D eigenvalue weighted by atomic mass is 16.5. The highest BCUT2D eigenvalue weighted by Crippen LogP contribution is 2.23. The smallest absolute Gasteiger partial charge is 0.225 e. The minimum atomic E-state index is 0.236. The van der Waals surface area contributed by atoms with E-state index in [1.807, 2.05) is 25.1 Å². The van der Waals surface area contributed by atoms with Gasteiger partial charge in [-0.05, 0) is 24.6 Å². The molecule has 0 unspecified atom stereocenters. The molecule has 2 aromatic rings. The van der Waals surface area contributed by atoms with Crippen molar-refractivity contribution in [3.05, 3.63) is 23.8 Å². The van der Waals surface area contributed by atoms with Gasteiger partial charge in [0.2, 0.25) is 11.8 Å². The van der Waals surface area contributed by atoms with E-state index in [4.69, 9.17) is 10.5 Å². The summed E-state index contributed by atoms with van der Waals surface area (Å²) >= 11 is 0. The lowest BCUT2D eigenvalue weighted by Gasteiger charge is -2.05. The first-order valence-electron chi connectivity index (χ1n) is 4.28. The Morgan fingerprint density at radius 3 is 2.79 bits per heavy atom. The maximum Gasteiger partial charge on any atom is 0.225 e. The van der Waals surface area contributed by atoms with E-state index in [-0.39, 0.29) is 5.95 Å². The van der Waals surface area contributed by atoms with Crippen molar-refractivity contribution < 1.29 is 4.74 Å². The third-order valence-corrected chi connectivity index (χ3v) is 2.03. The van der Waals surface area contributed by atoms with Crippen LogP contribution in [0.3, 0.4) is 0 Å². The number of ether oxygens (including phenoxy) is 1. The van der Waals surface area contributed by atoms with E-state index in [9.17, 15) is 0 Å². The van der Waals surface area contributed by atoms with Gasteiger partial charge in [-0.2, -0.15) is 4.98 Å². The summed E-state index contributed by atoms with van der Waals surface area (Å²) in [4.78, 5) is 8.13. The molecule has 2 N–H and O–H groups in total. The second-order valence-corrected chi connectivity index (χ2v) is 3.11. The van der Waals surface area contributed by atoms with Gasteiger partial charge in [0.25, 0.3) is 0 Å². The summed E-state index contributed by atoms with van der Waals surface area (Å²) in [7, 11) is 1.57. The Hall–Kier alpha value is -1.84. The highest BCUT2D eigenvalue weighted by Gasteiger charge is 2.05. The third kappa shape index (κ3) is 1.35. The zero-order valence-electron chi connectivity index (χ0n) is 8.11. The largest absolute Gasteiger partial charge is 0.480 e. The molecule has 72 valence electrons. The predicted molar refractivity (Wildman–Crippen MR) is 55.2 cm³/mol. The van der Waals surface area contributed by atoms with Crippen molar-refractivity contribution in [1.82, 2.24) is 9.97 Å². The number of hydrogen-bond acceptors (Lipinski definition) is 4. The van der Waals surface area contributed by atoms with Crippen LogP contribution >= 0.6 is 0 Å². The lowest BCUT2D eigenvalue weighted by molar-refractivity contribution is 0.403. The molecular weight excluding hydrogens is 178 g/mol. The maximum absolute atomic E-state index is 5.55. The van der Waals surface area contributed by atoms with Crippen molar-refractivity contribution in [2.45, 2.75) is 6.92 Å². The van der Waals surface area contributed by atoms with E-state index in [1.54, 1.807) is 7.11 Å². The van der Waals surface area contributed by atoms with E-state index in [0.717, 1.165) is 16.5 Å². The normalized spacial score (nSPS) is 10.4. The molecular formula is C10H11N3O. The van der Waals surface area contributed by atoms with Crippen LogP contribution < -0.4 is 10.5 Å². The van der Waals surface area contributed by atoms with E-state index >= 15 is 0 Å². The number of aryl methyl sites for hydroxylation is 1. The van der Waals surface area contributed by atoms with Crippen LogP contribution in [0.1, 0.15) is 5.56 Å². The lowest BCUT2D eigenvalue weighted by Crippen LogP contribution is -1.98. The van der Waals surface area contributed by atoms with Gasteiger partial charge < -0.3 is 10.5 Å². The standard InChI is InChI=1S/C10H11N3O/c1-6-3-4-7-8(5-6)12-10(11)13-9(7)14-2/h3-5H,1-2H3,(H2,11,12,13). The van der Waals surface area contributed by atoms with Gasteiger partial charge in [-0.3, -0.25) is 0 Å². The molecule has 0 atom stereocenters. The van der Waals surface area contributed by atoms with Crippen LogP contribution in [0.2, 0.25) is 0 Å². The number of fused-ring (bicyclic) bond motifs is 1. The summed E-state index contributed by atoms with van der Waals surface area (Å²) in [6.45, 7) is 2.00. The fourth-order valence-corrected chi connectivity index (χ4v) is 1.38. The predicted octanol–water partition coefficient (Wildman–Crippen LogP) is 1.53. The van der Waals surface area contributed by atoms with Crippen LogP contribution in [-0.2, 0) is 0 Å². The molecule has 0 saturated carbocycles. The molecule has 4 heteroatoms. The van der Waals surface area contributed by atoms with Crippen molar-refractivity contribution in [2.75, 3.05) is 12.8 Å². The average Bonchev–Trinajstić information content (AvgIpc) is 2.15. The van der Waals surface area contributed by atoms with E-state index in [0.29, 0.717) is 5.88 Å². The fourth-order valence-electron chi connectivity index (χ4n) is 1.38. The third-order valence-electron chi connectivity index (χ3n) is 2.03. The van der Waals surface area contributed by atoms with E-state index in [2.05, 4.69) is 9.97 Å². The summed E-state index contributed by atoms with van der Waals surface area (Å²) in [5, 5.41) is 0.882. The van der Waals surface area contributed by atoms with E-state index in [1.165, 1.54) is 0 Å². The first-order valence-corrected chi connectivity index (χ1v) is 4.28. The second kappa shape index (κ2) is 3.14. The van der Waals surface area contributed by atoms with Crippen molar-refractivity contribution in [3.8, 4) is 5.88 Å². The lowest BCUT2D eigenvalue weighted by atomic mass is 10.2. The van der Waals surface area contributed by atoms with Crippen LogP contribution in [0, 0.1) is 6.92 Å². The van der Waals surface area contributed by atoms with Crippen molar-refractivity contribution >= 4 is 16.9 Å². The van der Waals surface area contributed by atoms with Gasteiger partial charge in [0.1, 0.15) is 0 Å². The molecule has 0 aliphatic heterocycles. The van der Waals surface area contributed by atoms with Gasteiger partial charge in [-0.15, -0.1) is 0 Å². The zero-order chi connectivity index (χ0) is 10.1. The van der Waals surface area contributed by atoms with Crippen molar-refractivity contribution in [1.29, 1.82) is 0 Å². The Labute approximate surface area is 81.7 Å². The average molecular weight is 189 g/mol. The minimum absolute atomic E-state index is 0.236.